The Hall–Kier alpha value is -2.99. The largest absolute Gasteiger partial charge is 0.428 e. The SMILES string of the molecule is CN1C(=O)OC(c2ccc(Cl)cc2)(c2ccc(Cl)cc2)c2cc(Nc3ccc(Br)cc3)ccc21. The van der Waals surface area contributed by atoms with Gasteiger partial charge in [-0.1, -0.05) is 63.4 Å². The lowest BCUT2D eigenvalue weighted by molar-refractivity contribution is 0.0674. The van der Waals surface area contributed by atoms with Crippen molar-refractivity contribution in [2.24, 2.45) is 0 Å². The normalized spacial score (nSPS) is 14.4. The summed E-state index contributed by atoms with van der Waals surface area (Å²) in [5.74, 6) is 0. The van der Waals surface area contributed by atoms with Gasteiger partial charge >= 0.3 is 6.09 Å². The third kappa shape index (κ3) is 4.05. The van der Waals surface area contributed by atoms with Gasteiger partial charge in [0.05, 0.1) is 5.69 Å². The van der Waals surface area contributed by atoms with E-state index >= 15 is 0 Å². The second-order valence-electron chi connectivity index (χ2n) is 7.99. The first-order valence-electron chi connectivity index (χ1n) is 10.5. The molecule has 4 aromatic rings. The van der Waals surface area contributed by atoms with Gasteiger partial charge in [0.2, 0.25) is 0 Å². The Kier molecular flexibility index (Phi) is 6.02. The van der Waals surface area contributed by atoms with Crippen molar-refractivity contribution in [3.8, 4) is 0 Å². The highest BCUT2D eigenvalue weighted by molar-refractivity contribution is 9.10. The fourth-order valence-electron chi connectivity index (χ4n) is 4.21. The Bertz CT molecular complexity index is 1310. The first kappa shape index (κ1) is 22.8. The summed E-state index contributed by atoms with van der Waals surface area (Å²) in [7, 11) is 1.70. The lowest BCUT2D eigenvalue weighted by Crippen LogP contribution is -2.45. The smallest absolute Gasteiger partial charge is 0.415 e. The van der Waals surface area contributed by atoms with Gasteiger partial charge in [0, 0.05) is 49.6 Å². The van der Waals surface area contributed by atoms with Crippen LogP contribution < -0.4 is 10.2 Å². The molecule has 4 aromatic carbocycles. The van der Waals surface area contributed by atoms with E-state index in [1.807, 2.05) is 66.7 Å². The first-order chi connectivity index (χ1) is 16.4. The Labute approximate surface area is 216 Å². The van der Waals surface area contributed by atoms with Gasteiger partial charge in [-0.15, -0.1) is 0 Å². The molecule has 1 aliphatic heterocycles. The summed E-state index contributed by atoms with van der Waals surface area (Å²) < 4.78 is 7.25. The minimum Gasteiger partial charge on any atom is -0.428 e. The monoisotopic (exact) mass is 552 g/mol. The first-order valence-corrected chi connectivity index (χ1v) is 12.1. The number of benzene rings is 4. The Morgan fingerprint density at radius 1 is 0.794 bits per heavy atom. The van der Waals surface area contributed by atoms with E-state index < -0.39 is 11.7 Å². The molecule has 34 heavy (non-hydrogen) atoms. The van der Waals surface area contributed by atoms with Gasteiger partial charge in [0.25, 0.3) is 0 Å². The zero-order valence-corrected chi connectivity index (χ0v) is 21.2. The van der Waals surface area contributed by atoms with Crippen LogP contribution in [0.1, 0.15) is 16.7 Å². The van der Waals surface area contributed by atoms with Crippen molar-refractivity contribution in [3.63, 3.8) is 0 Å². The van der Waals surface area contributed by atoms with Crippen molar-refractivity contribution in [2.75, 3.05) is 17.3 Å². The van der Waals surface area contributed by atoms with Crippen LogP contribution in [0.5, 0.6) is 0 Å². The average Bonchev–Trinajstić information content (AvgIpc) is 2.84. The van der Waals surface area contributed by atoms with Crippen LogP contribution in [0.4, 0.5) is 21.9 Å². The summed E-state index contributed by atoms with van der Waals surface area (Å²) in [5.41, 5.74) is 3.74. The number of hydrogen-bond donors (Lipinski definition) is 1. The molecule has 0 saturated heterocycles. The van der Waals surface area contributed by atoms with E-state index in [1.54, 1.807) is 31.3 Å². The molecule has 0 radical (unpaired) electrons. The van der Waals surface area contributed by atoms with Crippen LogP contribution in [0.25, 0.3) is 0 Å². The maximum absolute atomic E-state index is 13.1. The van der Waals surface area contributed by atoms with Gasteiger partial charge in [-0.25, -0.2) is 4.79 Å². The Morgan fingerprint density at radius 2 is 1.32 bits per heavy atom. The highest BCUT2D eigenvalue weighted by atomic mass is 79.9. The minimum absolute atomic E-state index is 0.453. The molecule has 1 aliphatic rings. The number of carbonyl (C=O) groups excluding carboxylic acids is 1. The molecular weight excluding hydrogens is 535 g/mol. The van der Waals surface area contributed by atoms with E-state index in [1.165, 1.54) is 4.90 Å². The molecule has 170 valence electrons. The Balaban J connectivity index is 1.74. The van der Waals surface area contributed by atoms with Crippen LogP contribution in [0, 0.1) is 0 Å². The molecule has 0 fully saturated rings. The van der Waals surface area contributed by atoms with Gasteiger partial charge in [-0.3, -0.25) is 4.90 Å². The number of nitrogens with one attached hydrogen (secondary N) is 1. The maximum Gasteiger partial charge on any atom is 0.415 e. The summed E-state index contributed by atoms with van der Waals surface area (Å²) in [6.07, 6.45) is -0.453. The number of halogens is 3. The summed E-state index contributed by atoms with van der Waals surface area (Å²) in [4.78, 5) is 14.6. The van der Waals surface area contributed by atoms with Gasteiger partial charge in [0.15, 0.2) is 5.60 Å². The summed E-state index contributed by atoms with van der Waals surface area (Å²) >= 11 is 15.9. The van der Waals surface area contributed by atoms with Crippen molar-refractivity contribution in [2.45, 2.75) is 5.60 Å². The molecular formula is C27H19BrCl2N2O2. The summed E-state index contributed by atoms with van der Waals surface area (Å²) in [6.45, 7) is 0. The highest BCUT2D eigenvalue weighted by Crippen LogP contribution is 2.49. The van der Waals surface area contributed by atoms with Crippen molar-refractivity contribution in [1.29, 1.82) is 0 Å². The van der Waals surface area contributed by atoms with Crippen LogP contribution >= 0.6 is 39.1 Å². The van der Waals surface area contributed by atoms with Crippen molar-refractivity contribution < 1.29 is 9.53 Å². The molecule has 0 aliphatic carbocycles. The number of ether oxygens (including phenoxy) is 1. The molecule has 0 aromatic heterocycles. The van der Waals surface area contributed by atoms with E-state index in [-0.39, 0.29) is 0 Å². The summed E-state index contributed by atoms with van der Waals surface area (Å²) in [5, 5.41) is 4.64. The van der Waals surface area contributed by atoms with Crippen LogP contribution in [-0.2, 0) is 10.3 Å². The van der Waals surface area contributed by atoms with Crippen molar-refractivity contribution in [1.82, 2.24) is 0 Å². The van der Waals surface area contributed by atoms with Crippen LogP contribution in [0.3, 0.4) is 0 Å². The molecule has 4 nitrogen and oxygen atoms in total. The number of hydrogen-bond acceptors (Lipinski definition) is 3. The fraction of sp³-hybridized carbons (Fsp3) is 0.0741. The minimum atomic E-state index is -1.19. The van der Waals surface area contributed by atoms with Gasteiger partial charge in [0.1, 0.15) is 0 Å². The third-order valence-electron chi connectivity index (χ3n) is 5.89. The number of anilines is 3. The molecule has 1 amide bonds. The van der Waals surface area contributed by atoms with Crippen molar-refractivity contribution in [3.05, 3.63) is 122 Å². The predicted molar refractivity (Wildman–Crippen MR) is 142 cm³/mol. The van der Waals surface area contributed by atoms with E-state index in [0.29, 0.717) is 10.0 Å². The quantitative estimate of drug-likeness (QED) is 0.276. The lowest BCUT2D eigenvalue weighted by atomic mass is 9.78. The number of rotatable bonds is 4. The molecule has 1 heterocycles. The van der Waals surface area contributed by atoms with Gasteiger partial charge in [-0.2, -0.15) is 0 Å². The van der Waals surface area contributed by atoms with Crippen molar-refractivity contribution >= 4 is 62.3 Å². The molecule has 0 unspecified atom stereocenters. The topological polar surface area (TPSA) is 41.6 Å². The van der Waals surface area contributed by atoms with Gasteiger partial charge < -0.3 is 10.1 Å². The Morgan fingerprint density at radius 3 is 1.88 bits per heavy atom. The van der Waals surface area contributed by atoms with E-state index in [9.17, 15) is 4.79 Å². The highest BCUT2D eigenvalue weighted by Gasteiger charge is 2.47. The van der Waals surface area contributed by atoms with Crippen LogP contribution in [-0.4, -0.2) is 13.1 Å². The predicted octanol–water partition coefficient (Wildman–Crippen LogP) is 8.38. The number of carbonyl (C=O) groups is 1. The molecule has 5 rings (SSSR count). The second-order valence-corrected chi connectivity index (χ2v) is 9.77. The second kappa shape index (κ2) is 8.99. The molecule has 7 heteroatoms. The van der Waals surface area contributed by atoms with E-state index in [0.717, 1.165) is 38.2 Å². The maximum atomic E-state index is 13.1. The van der Waals surface area contributed by atoms with Crippen LogP contribution in [0.15, 0.2) is 95.5 Å². The van der Waals surface area contributed by atoms with Gasteiger partial charge in [-0.05, 0) is 66.7 Å². The van der Waals surface area contributed by atoms with E-state index in [4.69, 9.17) is 27.9 Å². The summed E-state index contributed by atoms with van der Waals surface area (Å²) in [6, 6.07) is 28.5. The molecule has 0 atom stereocenters. The zero-order chi connectivity index (χ0) is 23.9. The lowest BCUT2D eigenvalue weighted by Gasteiger charge is -2.42. The number of cyclic esters (lactones) is 1. The standard InChI is InChI=1S/C27H19BrCl2N2O2/c1-32-25-15-14-23(31-22-12-6-19(28)7-13-22)16-24(25)27(34-26(32)33,17-2-8-20(29)9-3-17)18-4-10-21(30)11-5-18/h2-16,31H,1H3. The number of fused-ring (bicyclic) bond motifs is 1. The molecule has 0 saturated carbocycles. The fourth-order valence-corrected chi connectivity index (χ4v) is 4.72. The number of nitrogens with zero attached hydrogens (tertiary/aromatic N) is 1. The van der Waals surface area contributed by atoms with Crippen LogP contribution in [0.2, 0.25) is 10.0 Å². The molecule has 0 bridgehead atoms. The van der Waals surface area contributed by atoms with E-state index in [2.05, 4.69) is 21.2 Å². The molecule has 1 N–H and O–H groups in total. The average molecular weight is 554 g/mol. The number of amides is 1. The third-order valence-corrected chi connectivity index (χ3v) is 6.92. The molecule has 0 spiro atoms. The zero-order valence-electron chi connectivity index (χ0n) is 18.1.